The topological polar surface area (TPSA) is 12.4 Å². The highest BCUT2D eigenvalue weighted by molar-refractivity contribution is 8.15. The number of thioether (sulfide) groups is 2. The Labute approximate surface area is 63.0 Å². The molecule has 0 aliphatic carbocycles. The molecule has 0 spiro atoms. The average molecular weight is 157 g/mol. The third kappa shape index (κ3) is 0.829. The van der Waals surface area contributed by atoms with Crippen molar-refractivity contribution in [3.8, 4) is 0 Å². The van der Waals surface area contributed by atoms with Crippen LogP contribution in [-0.4, -0.2) is 16.2 Å². The van der Waals surface area contributed by atoms with Gasteiger partial charge in [-0.05, 0) is 12.3 Å². The first-order valence-corrected chi connectivity index (χ1v) is 4.76. The Kier molecular flexibility index (Phi) is 1.34. The number of nitrogens with zero attached hydrogens (tertiary/aromatic N) is 1. The van der Waals surface area contributed by atoms with Crippen LogP contribution in [0.5, 0.6) is 0 Å². The summed E-state index contributed by atoms with van der Waals surface area (Å²) in [6.45, 7) is 2.18. The molecular formula is C6H7NS2. The van der Waals surface area contributed by atoms with Gasteiger partial charge in [0.1, 0.15) is 5.37 Å². The SMILES string of the molecule is CC1=CSC2N=CSC12. The van der Waals surface area contributed by atoms with E-state index in [1.54, 1.807) is 0 Å². The molecule has 0 N–H and O–H groups in total. The van der Waals surface area contributed by atoms with Gasteiger partial charge >= 0.3 is 0 Å². The van der Waals surface area contributed by atoms with Crippen LogP contribution >= 0.6 is 23.5 Å². The van der Waals surface area contributed by atoms with Crippen LogP contribution in [0.25, 0.3) is 0 Å². The molecule has 0 aromatic carbocycles. The predicted octanol–water partition coefficient (Wildman–Crippen LogP) is 2.11. The fourth-order valence-corrected chi connectivity index (χ4v) is 3.35. The molecule has 0 saturated heterocycles. The van der Waals surface area contributed by atoms with Crippen molar-refractivity contribution in [2.75, 3.05) is 0 Å². The van der Waals surface area contributed by atoms with Crippen molar-refractivity contribution in [3.05, 3.63) is 11.0 Å². The number of fused-ring (bicyclic) bond motifs is 1. The lowest BCUT2D eigenvalue weighted by Gasteiger charge is -2.05. The van der Waals surface area contributed by atoms with E-state index in [0.717, 1.165) is 0 Å². The van der Waals surface area contributed by atoms with E-state index in [-0.39, 0.29) is 0 Å². The lowest BCUT2D eigenvalue weighted by atomic mass is 10.2. The third-order valence-electron chi connectivity index (χ3n) is 1.52. The van der Waals surface area contributed by atoms with Gasteiger partial charge in [0.05, 0.1) is 10.8 Å². The molecule has 2 heterocycles. The minimum absolute atomic E-state index is 0.509. The summed E-state index contributed by atoms with van der Waals surface area (Å²) in [6.07, 6.45) is 0. The minimum atomic E-state index is 0.509. The standard InChI is InChI=1S/C6H7NS2/c1-4-2-8-6-5(4)9-3-7-6/h2-3,5-6H,1H3. The molecule has 0 aromatic heterocycles. The van der Waals surface area contributed by atoms with Crippen LogP contribution in [0, 0.1) is 0 Å². The average Bonchev–Trinajstić information content (AvgIpc) is 2.35. The zero-order valence-electron chi connectivity index (χ0n) is 5.07. The maximum Gasteiger partial charge on any atom is 0.116 e. The second-order valence-electron chi connectivity index (χ2n) is 2.20. The Morgan fingerprint density at radius 1 is 1.56 bits per heavy atom. The van der Waals surface area contributed by atoms with E-state index in [1.165, 1.54) is 5.57 Å². The largest absolute Gasteiger partial charge is 0.270 e. The van der Waals surface area contributed by atoms with Crippen LogP contribution in [0.4, 0.5) is 0 Å². The highest BCUT2D eigenvalue weighted by Gasteiger charge is 2.30. The number of rotatable bonds is 0. The summed E-state index contributed by atoms with van der Waals surface area (Å²) >= 11 is 3.68. The lowest BCUT2D eigenvalue weighted by molar-refractivity contribution is 0.952. The van der Waals surface area contributed by atoms with E-state index < -0.39 is 0 Å². The van der Waals surface area contributed by atoms with Crippen LogP contribution in [0.1, 0.15) is 6.92 Å². The second-order valence-corrected chi connectivity index (χ2v) is 4.18. The van der Waals surface area contributed by atoms with Gasteiger partial charge in [-0.3, -0.25) is 4.99 Å². The van der Waals surface area contributed by atoms with Crippen LogP contribution in [0.15, 0.2) is 16.0 Å². The summed E-state index contributed by atoms with van der Waals surface area (Å²) < 4.78 is 0. The van der Waals surface area contributed by atoms with E-state index in [4.69, 9.17) is 0 Å². The Morgan fingerprint density at radius 3 is 3.22 bits per heavy atom. The fraction of sp³-hybridized carbons (Fsp3) is 0.500. The smallest absolute Gasteiger partial charge is 0.116 e. The molecule has 0 saturated carbocycles. The summed E-state index contributed by atoms with van der Waals surface area (Å²) in [6, 6.07) is 0. The van der Waals surface area contributed by atoms with Crippen molar-refractivity contribution >= 4 is 29.1 Å². The molecule has 0 aromatic rings. The summed E-state index contributed by atoms with van der Waals surface area (Å²) in [7, 11) is 0. The van der Waals surface area contributed by atoms with E-state index in [2.05, 4.69) is 17.3 Å². The fourth-order valence-electron chi connectivity index (χ4n) is 0.989. The van der Waals surface area contributed by atoms with E-state index >= 15 is 0 Å². The first kappa shape index (κ1) is 5.86. The molecule has 2 aliphatic heterocycles. The molecule has 2 rings (SSSR count). The molecule has 2 unspecified atom stereocenters. The maximum absolute atomic E-state index is 4.30. The number of hydrogen-bond acceptors (Lipinski definition) is 3. The van der Waals surface area contributed by atoms with Gasteiger partial charge in [-0.2, -0.15) is 0 Å². The minimum Gasteiger partial charge on any atom is -0.270 e. The van der Waals surface area contributed by atoms with E-state index in [0.29, 0.717) is 10.6 Å². The van der Waals surface area contributed by atoms with Gasteiger partial charge in [0, 0.05) is 0 Å². The van der Waals surface area contributed by atoms with Crippen LogP contribution < -0.4 is 0 Å². The molecule has 0 radical (unpaired) electrons. The molecule has 2 aliphatic rings. The predicted molar refractivity (Wildman–Crippen MR) is 45.0 cm³/mol. The molecule has 0 bridgehead atoms. The molecule has 0 fully saturated rings. The Hall–Kier alpha value is 0.110. The van der Waals surface area contributed by atoms with Crippen molar-refractivity contribution in [1.29, 1.82) is 0 Å². The second kappa shape index (κ2) is 2.06. The number of aliphatic imine (C=N–C) groups is 1. The quantitative estimate of drug-likeness (QED) is 0.534. The molecule has 1 nitrogen and oxygen atoms in total. The van der Waals surface area contributed by atoms with Crippen molar-refractivity contribution in [2.24, 2.45) is 4.99 Å². The van der Waals surface area contributed by atoms with Crippen LogP contribution in [0.3, 0.4) is 0 Å². The van der Waals surface area contributed by atoms with Gasteiger partial charge in [0.2, 0.25) is 0 Å². The molecule has 0 amide bonds. The molecule has 48 valence electrons. The van der Waals surface area contributed by atoms with Crippen molar-refractivity contribution < 1.29 is 0 Å². The summed E-state index contributed by atoms with van der Waals surface area (Å²) in [4.78, 5) is 4.30. The molecule has 3 heteroatoms. The number of hydrogen-bond donors (Lipinski definition) is 0. The van der Waals surface area contributed by atoms with Gasteiger partial charge in [-0.1, -0.05) is 5.57 Å². The maximum atomic E-state index is 4.30. The monoisotopic (exact) mass is 157 g/mol. The lowest BCUT2D eigenvalue weighted by Crippen LogP contribution is -2.08. The van der Waals surface area contributed by atoms with Crippen LogP contribution in [-0.2, 0) is 0 Å². The third-order valence-corrected chi connectivity index (χ3v) is 4.04. The summed E-state index contributed by atoms with van der Waals surface area (Å²) in [5, 5.41) is 3.39. The van der Waals surface area contributed by atoms with Gasteiger partial charge < -0.3 is 0 Å². The molecular weight excluding hydrogens is 150 g/mol. The first-order valence-electron chi connectivity index (χ1n) is 2.87. The van der Waals surface area contributed by atoms with E-state index in [9.17, 15) is 0 Å². The van der Waals surface area contributed by atoms with Gasteiger partial charge in [0.15, 0.2) is 0 Å². The van der Waals surface area contributed by atoms with Gasteiger partial charge in [-0.25, -0.2) is 0 Å². The Balaban J connectivity index is 2.22. The van der Waals surface area contributed by atoms with Crippen molar-refractivity contribution in [3.63, 3.8) is 0 Å². The van der Waals surface area contributed by atoms with Crippen molar-refractivity contribution in [1.82, 2.24) is 0 Å². The van der Waals surface area contributed by atoms with Crippen LogP contribution in [0.2, 0.25) is 0 Å². The van der Waals surface area contributed by atoms with Gasteiger partial charge in [0.25, 0.3) is 0 Å². The first-order chi connectivity index (χ1) is 4.38. The zero-order chi connectivity index (χ0) is 6.27. The van der Waals surface area contributed by atoms with Gasteiger partial charge in [-0.15, -0.1) is 23.5 Å². The molecule has 2 atom stereocenters. The molecule has 9 heavy (non-hydrogen) atoms. The normalized spacial score (nSPS) is 39.0. The highest BCUT2D eigenvalue weighted by Crippen LogP contribution is 2.41. The Morgan fingerprint density at radius 2 is 2.44 bits per heavy atom. The summed E-state index contributed by atoms with van der Waals surface area (Å²) in [5.74, 6) is 0. The summed E-state index contributed by atoms with van der Waals surface area (Å²) in [5.41, 5.74) is 3.45. The highest BCUT2D eigenvalue weighted by atomic mass is 32.2. The van der Waals surface area contributed by atoms with Crippen molar-refractivity contribution in [2.45, 2.75) is 17.5 Å². The zero-order valence-corrected chi connectivity index (χ0v) is 6.71. The Bertz CT molecular complexity index is 185. The van der Waals surface area contributed by atoms with E-state index in [1.807, 2.05) is 29.1 Å².